The highest BCUT2D eigenvalue weighted by atomic mass is 32.2. The maximum Gasteiger partial charge on any atom is 0.336 e. The summed E-state index contributed by atoms with van der Waals surface area (Å²) in [6.45, 7) is 1.75. The number of hydrogen-bond acceptors (Lipinski definition) is 4. The van der Waals surface area contributed by atoms with E-state index >= 15 is 0 Å². The third kappa shape index (κ3) is 2.55. The summed E-state index contributed by atoms with van der Waals surface area (Å²) in [7, 11) is 0. The topological polar surface area (TPSA) is 52.9 Å². The van der Waals surface area contributed by atoms with Gasteiger partial charge in [-0.25, -0.2) is 4.79 Å². The van der Waals surface area contributed by atoms with Crippen LogP contribution in [0.15, 0.2) is 34.2 Å². The van der Waals surface area contributed by atoms with E-state index in [1.165, 1.54) is 11.8 Å². The molecule has 1 aliphatic heterocycles. The molecule has 0 amide bonds. The van der Waals surface area contributed by atoms with E-state index in [1.54, 1.807) is 12.1 Å². The second-order valence-corrected chi connectivity index (χ2v) is 4.40. The fraction of sp³-hybridized carbons (Fsp3) is 0.273. The molecule has 84 valence electrons. The molecule has 1 N–H and O–H groups in total. The summed E-state index contributed by atoms with van der Waals surface area (Å²) in [4.78, 5) is 17.9. The molecule has 0 bridgehead atoms. The second-order valence-electron chi connectivity index (χ2n) is 3.41. The highest BCUT2D eigenvalue weighted by Crippen LogP contribution is 2.23. The monoisotopic (exact) mass is 236 g/mol. The molecule has 0 fully saturated rings. The molecule has 0 saturated carbocycles. The van der Waals surface area contributed by atoms with Gasteiger partial charge in [0.2, 0.25) is 0 Å². The van der Waals surface area contributed by atoms with Crippen molar-refractivity contribution in [2.45, 2.75) is 4.90 Å². The van der Waals surface area contributed by atoms with Crippen molar-refractivity contribution in [1.29, 1.82) is 0 Å². The molecule has 1 aliphatic rings. The molecule has 4 nitrogen and oxygen atoms in total. The van der Waals surface area contributed by atoms with Crippen LogP contribution in [-0.4, -0.2) is 41.3 Å². The maximum absolute atomic E-state index is 11.0. The number of benzene rings is 1. The van der Waals surface area contributed by atoms with Gasteiger partial charge in [-0.15, -0.1) is 11.8 Å². The van der Waals surface area contributed by atoms with E-state index in [0.717, 1.165) is 23.9 Å². The van der Waals surface area contributed by atoms with Gasteiger partial charge in [0, 0.05) is 11.4 Å². The van der Waals surface area contributed by atoms with Crippen molar-refractivity contribution in [1.82, 2.24) is 4.90 Å². The van der Waals surface area contributed by atoms with Gasteiger partial charge in [-0.3, -0.25) is 4.99 Å². The van der Waals surface area contributed by atoms with Crippen molar-refractivity contribution in [3.63, 3.8) is 0 Å². The Hall–Kier alpha value is -1.49. The largest absolute Gasteiger partial charge is 0.478 e. The summed E-state index contributed by atoms with van der Waals surface area (Å²) in [6, 6.07) is 7.06. The number of thioether (sulfide) groups is 1. The molecule has 5 heteroatoms. The van der Waals surface area contributed by atoms with Crippen molar-refractivity contribution >= 4 is 24.1 Å². The Bertz CT molecular complexity index is 420. The fourth-order valence-electron chi connectivity index (χ4n) is 1.44. The first kappa shape index (κ1) is 11.0. The van der Waals surface area contributed by atoms with Gasteiger partial charge >= 0.3 is 5.97 Å². The van der Waals surface area contributed by atoms with Gasteiger partial charge in [0.05, 0.1) is 24.3 Å². The number of nitrogens with zero attached hydrogens (tertiary/aromatic N) is 2. The smallest absolute Gasteiger partial charge is 0.336 e. The van der Waals surface area contributed by atoms with E-state index in [4.69, 9.17) is 5.11 Å². The van der Waals surface area contributed by atoms with Crippen molar-refractivity contribution in [2.24, 2.45) is 4.99 Å². The zero-order chi connectivity index (χ0) is 11.4. The van der Waals surface area contributed by atoms with Crippen LogP contribution in [0.25, 0.3) is 0 Å². The van der Waals surface area contributed by atoms with Gasteiger partial charge in [0.25, 0.3) is 0 Å². The van der Waals surface area contributed by atoms with E-state index in [9.17, 15) is 4.79 Å². The predicted octanol–water partition coefficient (Wildman–Crippen LogP) is 1.78. The minimum absolute atomic E-state index is 0.364. The molecule has 0 aliphatic carbocycles. The Morgan fingerprint density at radius 3 is 3.00 bits per heavy atom. The molecular formula is C11H12N2O2S. The predicted molar refractivity (Wildman–Crippen MR) is 64.2 cm³/mol. The summed E-state index contributed by atoms with van der Waals surface area (Å²) >= 11 is 1.53. The van der Waals surface area contributed by atoms with Gasteiger partial charge in [-0.1, -0.05) is 12.1 Å². The SMILES string of the molecule is O=C(O)c1ccccc1SCN1C=NCC1. The number of aromatic carboxylic acids is 1. The van der Waals surface area contributed by atoms with Crippen molar-refractivity contribution in [3.8, 4) is 0 Å². The van der Waals surface area contributed by atoms with Crippen LogP contribution >= 0.6 is 11.8 Å². The number of carboxylic acids is 1. The van der Waals surface area contributed by atoms with Gasteiger partial charge in [-0.05, 0) is 12.1 Å². The quantitative estimate of drug-likeness (QED) is 0.810. The van der Waals surface area contributed by atoms with Crippen LogP contribution in [0.1, 0.15) is 10.4 Å². The third-order valence-corrected chi connectivity index (χ3v) is 3.39. The van der Waals surface area contributed by atoms with Crippen molar-refractivity contribution in [3.05, 3.63) is 29.8 Å². The molecule has 0 saturated heterocycles. The van der Waals surface area contributed by atoms with E-state index in [1.807, 2.05) is 18.5 Å². The molecule has 1 aromatic rings. The van der Waals surface area contributed by atoms with Crippen LogP contribution in [-0.2, 0) is 0 Å². The summed E-state index contributed by atoms with van der Waals surface area (Å²) in [5.74, 6) is -0.133. The zero-order valence-corrected chi connectivity index (χ0v) is 9.48. The summed E-state index contributed by atoms with van der Waals surface area (Å²) in [5.41, 5.74) is 0.364. The number of hydrogen-bond donors (Lipinski definition) is 1. The second kappa shape index (κ2) is 5.03. The molecule has 0 unspecified atom stereocenters. The fourth-order valence-corrected chi connectivity index (χ4v) is 2.42. The lowest BCUT2D eigenvalue weighted by Crippen LogP contribution is -2.18. The third-order valence-electron chi connectivity index (χ3n) is 2.26. The van der Waals surface area contributed by atoms with E-state index < -0.39 is 5.97 Å². The van der Waals surface area contributed by atoms with Crippen molar-refractivity contribution < 1.29 is 9.90 Å². The van der Waals surface area contributed by atoms with Crippen LogP contribution < -0.4 is 0 Å². The van der Waals surface area contributed by atoms with Crippen LogP contribution in [0.3, 0.4) is 0 Å². The first-order valence-corrected chi connectivity index (χ1v) is 5.95. The molecule has 0 radical (unpaired) electrons. The van der Waals surface area contributed by atoms with Gasteiger partial charge in [0.1, 0.15) is 0 Å². The minimum Gasteiger partial charge on any atom is -0.478 e. The molecule has 0 atom stereocenters. The number of rotatable bonds is 4. The molecule has 16 heavy (non-hydrogen) atoms. The Labute approximate surface area is 98.0 Å². The highest BCUT2D eigenvalue weighted by Gasteiger charge is 2.11. The number of aliphatic imine (C=N–C) groups is 1. The van der Waals surface area contributed by atoms with Crippen LogP contribution in [0.4, 0.5) is 0 Å². The molecular weight excluding hydrogens is 224 g/mol. The normalized spacial score (nSPS) is 14.4. The lowest BCUT2D eigenvalue weighted by Gasteiger charge is -2.13. The summed E-state index contributed by atoms with van der Waals surface area (Å²) in [6.07, 6.45) is 1.82. The van der Waals surface area contributed by atoms with Gasteiger partial charge in [-0.2, -0.15) is 0 Å². The first-order valence-electron chi connectivity index (χ1n) is 4.96. The molecule has 2 rings (SSSR count). The number of carbonyl (C=O) groups is 1. The lowest BCUT2D eigenvalue weighted by atomic mass is 10.2. The Morgan fingerprint density at radius 1 is 1.50 bits per heavy atom. The number of carboxylic acid groups (broad SMARTS) is 1. The molecule has 1 heterocycles. The zero-order valence-electron chi connectivity index (χ0n) is 8.67. The highest BCUT2D eigenvalue weighted by molar-refractivity contribution is 7.99. The van der Waals surface area contributed by atoms with Crippen LogP contribution in [0.5, 0.6) is 0 Å². The maximum atomic E-state index is 11.0. The van der Waals surface area contributed by atoms with Gasteiger partial charge in [0.15, 0.2) is 0 Å². The van der Waals surface area contributed by atoms with Crippen molar-refractivity contribution in [2.75, 3.05) is 19.0 Å². The average Bonchev–Trinajstić information content (AvgIpc) is 2.79. The molecule has 0 aromatic heterocycles. The summed E-state index contributed by atoms with van der Waals surface area (Å²) < 4.78 is 0. The lowest BCUT2D eigenvalue weighted by molar-refractivity contribution is 0.0693. The van der Waals surface area contributed by atoms with Crippen LogP contribution in [0.2, 0.25) is 0 Å². The molecule has 1 aromatic carbocycles. The first-order chi connectivity index (χ1) is 7.77. The summed E-state index contributed by atoms with van der Waals surface area (Å²) in [5, 5.41) is 9.00. The average molecular weight is 236 g/mol. The molecule has 0 spiro atoms. The standard InChI is InChI=1S/C11H12N2O2S/c14-11(15)9-3-1-2-4-10(9)16-8-13-6-5-12-7-13/h1-4,7H,5-6,8H2,(H,14,15). The Morgan fingerprint density at radius 2 is 2.31 bits per heavy atom. The van der Waals surface area contributed by atoms with E-state index in [0.29, 0.717) is 5.56 Å². The Balaban J connectivity index is 2.03. The van der Waals surface area contributed by atoms with E-state index in [2.05, 4.69) is 9.89 Å². The Kier molecular flexibility index (Phi) is 3.46. The van der Waals surface area contributed by atoms with Gasteiger partial charge < -0.3 is 10.0 Å². The minimum atomic E-state index is -0.877. The van der Waals surface area contributed by atoms with E-state index in [-0.39, 0.29) is 0 Å². The van der Waals surface area contributed by atoms with Crippen LogP contribution in [0, 0.1) is 0 Å².